The second kappa shape index (κ2) is 7.71. The SMILES string of the molecule is CC(=O)NC[C@H]1CN(c2cc(F)c(-c3ccc(CO)cc3)c(F)c2)C(=O)O1. The summed E-state index contributed by atoms with van der Waals surface area (Å²) in [5.41, 5.74) is 0.768. The van der Waals surface area contributed by atoms with Crippen molar-refractivity contribution in [3.8, 4) is 11.1 Å². The van der Waals surface area contributed by atoms with Gasteiger partial charge in [-0.3, -0.25) is 9.69 Å². The standard InChI is InChI=1S/C19H18F2N2O4/c1-11(25)22-8-15-9-23(19(26)27-15)14-6-16(20)18(17(21)7-14)13-4-2-12(10-24)3-5-13/h2-7,15,24H,8-10H2,1H3,(H,22,25)/t15-/m0/s1. The number of rotatable bonds is 5. The molecule has 2 aromatic carbocycles. The number of nitrogens with zero attached hydrogens (tertiary/aromatic N) is 1. The third-order valence-corrected chi connectivity index (χ3v) is 4.22. The highest BCUT2D eigenvalue weighted by Crippen LogP contribution is 2.32. The minimum Gasteiger partial charge on any atom is -0.442 e. The number of aliphatic hydroxyl groups is 1. The second-order valence-electron chi connectivity index (χ2n) is 6.19. The number of benzene rings is 2. The lowest BCUT2D eigenvalue weighted by Crippen LogP contribution is -2.33. The molecule has 8 heteroatoms. The Morgan fingerprint density at radius 1 is 1.26 bits per heavy atom. The van der Waals surface area contributed by atoms with Gasteiger partial charge < -0.3 is 15.2 Å². The molecule has 1 atom stereocenters. The molecule has 142 valence electrons. The summed E-state index contributed by atoms with van der Waals surface area (Å²) in [5, 5.41) is 11.6. The van der Waals surface area contributed by atoms with Gasteiger partial charge in [-0.05, 0) is 23.3 Å². The molecule has 1 fully saturated rings. The number of ether oxygens (including phenoxy) is 1. The van der Waals surface area contributed by atoms with Crippen molar-refractivity contribution in [3.63, 3.8) is 0 Å². The van der Waals surface area contributed by atoms with Gasteiger partial charge in [0.25, 0.3) is 0 Å². The first-order valence-corrected chi connectivity index (χ1v) is 8.31. The van der Waals surface area contributed by atoms with Crippen LogP contribution in [0.4, 0.5) is 19.3 Å². The minimum absolute atomic E-state index is 0.0380. The van der Waals surface area contributed by atoms with Crippen molar-refractivity contribution >= 4 is 17.7 Å². The molecule has 0 radical (unpaired) electrons. The molecule has 3 rings (SSSR count). The van der Waals surface area contributed by atoms with E-state index in [-0.39, 0.29) is 36.9 Å². The fourth-order valence-corrected chi connectivity index (χ4v) is 2.86. The highest BCUT2D eigenvalue weighted by molar-refractivity contribution is 5.90. The maximum atomic E-state index is 14.6. The summed E-state index contributed by atoms with van der Waals surface area (Å²) in [6.45, 7) is 1.37. The van der Waals surface area contributed by atoms with Crippen molar-refractivity contribution in [2.75, 3.05) is 18.0 Å². The lowest BCUT2D eigenvalue weighted by molar-refractivity contribution is -0.119. The predicted molar refractivity (Wildman–Crippen MR) is 94.0 cm³/mol. The number of amides is 2. The number of hydrogen-bond acceptors (Lipinski definition) is 4. The average Bonchev–Trinajstić information content (AvgIpc) is 3.00. The zero-order chi connectivity index (χ0) is 19.6. The zero-order valence-electron chi connectivity index (χ0n) is 14.5. The van der Waals surface area contributed by atoms with Crippen LogP contribution in [0.1, 0.15) is 12.5 Å². The van der Waals surface area contributed by atoms with Gasteiger partial charge in [0.1, 0.15) is 17.7 Å². The molecule has 0 aromatic heterocycles. The van der Waals surface area contributed by atoms with Gasteiger partial charge in [-0.1, -0.05) is 24.3 Å². The highest BCUT2D eigenvalue weighted by Gasteiger charge is 2.33. The van der Waals surface area contributed by atoms with E-state index in [1.54, 1.807) is 12.1 Å². The van der Waals surface area contributed by atoms with Crippen LogP contribution in [-0.2, 0) is 16.1 Å². The van der Waals surface area contributed by atoms with E-state index in [9.17, 15) is 18.4 Å². The lowest BCUT2D eigenvalue weighted by Gasteiger charge is -2.15. The molecule has 2 amide bonds. The van der Waals surface area contributed by atoms with Crippen LogP contribution in [0.5, 0.6) is 0 Å². The Kier molecular flexibility index (Phi) is 5.36. The summed E-state index contributed by atoms with van der Waals surface area (Å²) in [6.07, 6.45) is -1.33. The number of carbonyl (C=O) groups excluding carboxylic acids is 2. The van der Waals surface area contributed by atoms with Crippen LogP contribution in [-0.4, -0.2) is 36.3 Å². The van der Waals surface area contributed by atoms with Crippen LogP contribution in [0.25, 0.3) is 11.1 Å². The number of carbonyl (C=O) groups is 2. The Hall–Kier alpha value is -3.00. The molecule has 1 aliphatic rings. The Morgan fingerprint density at radius 3 is 2.44 bits per heavy atom. The summed E-state index contributed by atoms with van der Waals surface area (Å²) in [5.74, 6) is -1.90. The Bertz CT molecular complexity index is 848. The van der Waals surface area contributed by atoms with E-state index >= 15 is 0 Å². The van der Waals surface area contributed by atoms with Crippen LogP contribution < -0.4 is 10.2 Å². The lowest BCUT2D eigenvalue weighted by atomic mass is 10.0. The number of nitrogens with one attached hydrogen (secondary N) is 1. The molecule has 0 unspecified atom stereocenters. The quantitative estimate of drug-likeness (QED) is 0.841. The first-order chi connectivity index (χ1) is 12.9. The second-order valence-corrected chi connectivity index (χ2v) is 6.19. The van der Waals surface area contributed by atoms with Crippen molar-refractivity contribution in [1.29, 1.82) is 0 Å². The zero-order valence-corrected chi connectivity index (χ0v) is 14.5. The highest BCUT2D eigenvalue weighted by atomic mass is 19.1. The first kappa shape index (κ1) is 18.8. The summed E-state index contributed by atoms with van der Waals surface area (Å²) < 4.78 is 34.3. The normalized spacial score (nSPS) is 16.4. The Morgan fingerprint density at radius 2 is 1.89 bits per heavy atom. The molecule has 0 aliphatic carbocycles. The Balaban J connectivity index is 1.84. The van der Waals surface area contributed by atoms with Gasteiger partial charge in [-0.15, -0.1) is 0 Å². The molecular formula is C19H18F2N2O4. The molecule has 1 aliphatic heterocycles. The van der Waals surface area contributed by atoms with E-state index < -0.39 is 23.8 Å². The van der Waals surface area contributed by atoms with Crippen molar-refractivity contribution in [3.05, 3.63) is 53.6 Å². The van der Waals surface area contributed by atoms with Crippen LogP contribution in [0.2, 0.25) is 0 Å². The van der Waals surface area contributed by atoms with Crippen molar-refractivity contribution < 1.29 is 28.2 Å². The molecule has 6 nitrogen and oxygen atoms in total. The third kappa shape index (κ3) is 4.06. The van der Waals surface area contributed by atoms with E-state index in [4.69, 9.17) is 9.84 Å². The number of hydrogen-bond donors (Lipinski definition) is 2. The van der Waals surface area contributed by atoms with Crippen molar-refractivity contribution in [1.82, 2.24) is 5.32 Å². The Labute approximate surface area is 154 Å². The van der Waals surface area contributed by atoms with E-state index in [1.807, 2.05) is 0 Å². The van der Waals surface area contributed by atoms with Gasteiger partial charge in [-0.2, -0.15) is 0 Å². The minimum atomic E-state index is -0.820. The third-order valence-electron chi connectivity index (χ3n) is 4.22. The van der Waals surface area contributed by atoms with Gasteiger partial charge in [0.05, 0.1) is 30.9 Å². The topological polar surface area (TPSA) is 78.9 Å². The van der Waals surface area contributed by atoms with E-state index in [0.717, 1.165) is 17.0 Å². The smallest absolute Gasteiger partial charge is 0.414 e. The van der Waals surface area contributed by atoms with Gasteiger partial charge in [0, 0.05) is 6.92 Å². The maximum absolute atomic E-state index is 14.6. The predicted octanol–water partition coefficient (Wildman–Crippen LogP) is 2.59. The fraction of sp³-hybridized carbons (Fsp3) is 0.263. The largest absolute Gasteiger partial charge is 0.442 e. The average molecular weight is 376 g/mol. The molecular weight excluding hydrogens is 358 g/mol. The van der Waals surface area contributed by atoms with Crippen LogP contribution >= 0.6 is 0 Å². The van der Waals surface area contributed by atoms with E-state index in [2.05, 4.69) is 5.32 Å². The fourth-order valence-electron chi connectivity index (χ4n) is 2.86. The summed E-state index contributed by atoms with van der Waals surface area (Å²) in [7, 11) is 0. The molecule has 0 saturated carbocycles. The summed E-state index contributed by atoms with van der Waals surface area (Å²) in [6, 6.07) is 8.32. The van der Waals surface area contributed by atoms with Crippen LogP contribution in [0.15, 0.2) is 36.4 Å². The van der Waals surface area contributed by atoms with Crippen LogP contribution in [0.3, 0.4) is 0 Å². The number of aliphatic hydroxyl groups excluding tert-OH is 1. The molecule has 1 saturated heterocycles. The molecule has 2 aromatic rings. The molecule has 0 spiro atoms. The number of cyclic esters (lactones) is 1. The van der Waals surface area contributed by atoms with Gasteiger partial charge in [0.15, 0.2) is 0 Å². The summed E-state index contributed by atoms with van der Waals surface area (Å²) >= 11 is 0. The number of anilines is 1. The van der Waals surface area contributed by atoms with Gasteiger partial charge >= 0.3 is 6.09 Å². The molecule has 1 heterocycles. The first-order valence-electron chi connectivity index (χ1n) is 8.31. The van der Waals surface area contributed by atoms with E-state index in [1.165, 1.54) is 19.1 Å². The molecule has 27 heavy (non-hydrogen) atoms. The molecule has 0 bridgehead atoms. The summed E-state index contributed by atoms with van der Waals surface area (Å²) in [4.78, 5) is 24.1. The van der Waals surface area contributed by atoms with Gasteiger partial charge in [-0.25, -0.2) is 13.6 Å². The van der Waals surface area contributed by atoms with E-state index in [0.29, 0.717) is 11.1 Å². The molecule has 2 N–H and O–H groups in total. The maximum Gasteiger partial charge on any atom is 0.414 e. The van der Waals surface area contributed by atoms with Crippen molar-refractivity contribution in [2.45, 2.75) is 19.6 Å². The monoisotopic (exact) mass is 376 g/mol. The van der Waals surface area contributed by atoms with Gasteiger partial charge in [0.2, 0.25) is 5.91 Å². The number of halogens is 2. The van der Waals surface area contributed by atoms with Crippen molar-refractivity contribution in [2.24, 2.45) is 0 Å². The van der Waals surface area contributed by atoms with Crippen LogP contribution in [0, 0.1) is 11.6 Å².